The molecule has 0 bridgehead atoms. The van der Waals surface area contributed by atoms with Crippen LogP contribution in [0, 0.1) is 16.0 Å². The number of nitro benzene ring substituents is 1. The summed E-state index contributed by atoms with van der Waals surface area (Å²) in [7, 11) is 0. The molecular weight excluding hydrogens is 250 g/mol. The molecule has 2 unspecified atom stereocenters. The maximum atomic E-state index is 12.0. The topological polar surface area (TPSA) is 118 Å². The summed E-state index contributed by atoms with van der Waals surface area (Å²) in [5, 5.41) is 22.8. The molecule has 4 N–H and O–H groups in total. The van der Waals surface area contributed by atoms with Gasteiger partial charge in [0.25, 0.3) is 5.69 Å². The van der Waals surface area contributed by atoms with Gasteiger partial charge in [-0.1, -0.05) is 6.42 Å². The van der Waals surface area contributed by atoms with Gasteiger partial charge in [0.15, 0.2) is 0 Å². The second-order valence-corrected chi connectivity index (χ2v) is 4.65. The van der Waals surface area contributed by atoms with Gasteiger partial charge in [-0.25, -0.2) is 0 Å². The first-order valence-corrected chi connectivity index (χ1v) is 6.03. The van der Waals surface area contributed by atoms with E-state index in [1.54, 1.807) is 0 Å². The number of carbonyl (C=O) groups is 1. The van der Waals surface area contributed by atoms with Crippen LogP contribution in [0.4, 0.5) is 11.4 Å². The molecule has 1 aliphatic rings. The summed E-state index contributed by atoms with van der Waals surface area (Å²) in [6.45, 7) is 0. The summed E-state index contributed by atoms with van der Waals surface area (Å²) in [6, 6.07) is 3.29. The van der Waals surface area contributed by atoms with Gasteiger partial charge in [-0.05, 0) is 18.9 Å². The Labute approximate surface area is 109 Å². The largest absolute Gasteiger partial charge is 0.506 e. The average Bonchev–Trinajstić information content (AvgIpc) is 2.78. The third kappa shape index (κ3) is 2.82. The van der Waals surface area contributed by atoms with Crippen LogP contribution in [0.25, 0.3) is 0 Å². The lowest BCUT2D eigenvalue weighted by molar-refractivity contribution is -0.384. The van der Waals surface area contributed by atoms with E-state index in [0.29, 0.717) is 6.42 Å². The smallest absolute Gasteiger partial charge is 0.271 e. The molecule has 102 valence electrons. The number of non-ortho nitro benzene ring substituents is 1. The SMILES string of the molecule is NC1CCCC1C(=O)Nc1cc([N+](=O)[O-])ccc1O. The van der Waals surface area contributed by atoms with Gasteiger partial charge < -0.3 is 16.2 Å². The standard InChI is InChI=1S/C12H15N3O4/c13-9-3-1-2-8(9)12(17)14-10-6-7(15(18)19)4-5-11(10)16/h4-6,8-9,16H,1-3,13H2,(H,14,17). The highest BCUT2D eigenvalue weighted by molar-refractivity contribution is 5.94. The summed E-state index contributed by atoms with van der Waals surface area (Å²) in [5.74, 6) is -0.815. The Morgan fingerprint density at radius 3 is 2.79 bits per heavy atom. The van der Waals surface area contributed by atoms with Crippen molar-refractivity contribution in [2.45, 2.75) is 25.3 Å². The number of hydrogen-bond donors (Lipinski definition) is 3. The Bertz CT molecular complexity index is 518. The number of phenolic OH excluding ortho intramolecular Hbond substituents is 1. The monoisotopic (exact) mass is 265 g/mol. The molecule has 1 saturated carbocycles. The molecule has 7 heteroatoms. The van der Waals surface area contributed by atoms with Crippen LogP contribution in [0.3, 0.4) is 0 Å². The summed E-state index contributed by atoms with van der Waals surface area (Å²) in [4.78, 5) is 22.0. The Balaban J connectivity index is 2.16. The molecule has 1 fully saturated rings. The summed E-state index contributed by atoms with van der Waals surface area (Å²) in [6.07, 6.45) is 2.38. The molecule has 0 aromatic heterocycles. The van der Waals surface area contributed by atoms with Crippen molar-refractivity contribution in [3.8, 4) is 5.75 Å². The van der Waals surface area contributed by atoms with E-state index in [9.17, 15) is 20.0 Å². The van der Waals surface area contributed by atoms with Crippen LogP contribution in [0.2, 0.25) is 0 Å². The molecule has 1 aromatic carbocycles. The van der Waals surface area contributed by atoms with E-state index in [2.05, 4.69) is 5.32 Å². The molecule has 2 atom stereocenters. The zero-order valence-corrected chi connectivity index (χ0v) is 10.2. The molecule has 19 heavy (non-hydrogen) atoms. The maximum Gasteiger partial charge on any atom is 0.271 e. The van der Waals surface area contributed by atoms with Crippen molar-refractivity contribution in [1.82, 2.24) is 0 Å². The van der Waals surface area contributed by atoms with Crippen molar-refractivity contribution in [2.75, 3.05) is 5.32 Å². The van der Waals surface area contributed by atoms with E-state index in [0.717, 1.165) is 18.9 Å². The van der Waals surface area contributed by atoms with Gasteiger partial charge in [0.05, 0.1) is 16.5 Å². The molecule has 2 rings (SSSR count). The fourth-order valence-corrected chi connectivity index (χ4v) is 2.28. The van der Waals surface area contributed by atoms with Crippen molar-refractivity contribution in [3.05, 3.63) is 28.3 Å². The lowest BCUT2D eigenvalue weighted by Gasteiger charge is -2.15. The average molecular weight is 265 g/mol. The number of hydrogen-bond acceptors (Lipinski definition) is 5. The number of aromatic hydroxyl groups is 1. The number of nitrogens with zero attached hydrogens (tertiary/aromatic N) is 1. The van der Waals surface area contributed by atoms with Gasteiger partial charge >= 0.3 is 0 Å². The number of nitrogens with two attached hydrogens (primary N) is 1. The van der Waals surface area contributed by atoms with Gasteiger partial charge in [-0.2, -0.15) is 0 Å². The molecule has 1 aliphatic carbocycles. The second kappa shape index (κ2) is 5.23. The first kappa shape index (κ1) is 13.3. The maximum absolute atomic E-state index is 12.0. The highest BCUT2D eigenvalue weighted by Crippen LogP contribution is 2.30. The van der Waals surface area contributed by atoms with Gasteiger partial charge in [-0.3, -0.25) is 14.9 Å². The normalized spacial score (nSPS) is 22.2. The summed E-state index contributed by atoms with van der Waals surface area (Å²) < 4.78 is 0. The number of benzene rings is 1. The van der Waals surface area contributed by atoms with E-state index < -0.39 is 4.92 Å². The lowest BCUT2D eigenvalue weighted by atomic mass is 10.0. The number of nitrogens with one attached hydrogen (secondary N) is 1. The van der Waals surface area contributed by atoms with E-state index >= 15 is 0 Å². The Hall–Kier alpha value is -2.15. The number of rotatable bonds is 3. The van der Waals surface area contributed by atoms with Crippen LogP contribution in [0.1, 0.15) is 19.3 Å². The number of carbonyl (C=O) groups excluding carboxylic acids is 1. The van der Waals surface area contributed by atoms with E-state index in [1.807, 2.05) is 0 Å². The van der Waals surface area contributed by atoms with Crippen LogP contribution in [0.15, 0.2) is 18.2 Å². The number of phenols is 1. The third-order valence-electron chi connectivity index (χ3n) is 3.36. The lowest BCUT2D eigenvalue weighted by Crippen LogP contribution is -2.34. The number of amides is 1. The van der Waals surface area contributed by atoms with Crippen LogP contribution < -0.4 is 11.1 Å². The Morgan fingerprint density at radius 2 is 2.21 bits per heavy atom. The van der Waals surface area contributed by atoms with E-state index in [1.165, 1.54) is 12.1 Å². The molecule has 0 spiro atoms. The van der Waals surface area contributed by atoms with E-state index in [-0.39, 0.29) is 35.0 Å². The van der Waals surface area contributed by atoms with Gasteiger partial charge in [0.1, 0.15) is 5.75 Å². The van der Waals surface area contributed by atoms with Crippen molar-refractivity contribution in [2.24, 2.45) is 11.7 Å². The predicted octanol–water partition coefficient (Wildman–Crippen LogP) is 1.37. The molecule has 1 aromatic rings. The van der Waals surface area contributed by atoms with E-state index in [4.69, 9.17) is 5.73 Å². The highest BCUT2D eigenvalue weighted by Gasteiger charge is 2.30. The van der Waals surface area contributed by atoms with Crippen molar-refractivity contribution in [3.63, 3.8) is 0 Å². The minimum atomic E-state index is -0.587. The molecule has 0 heterocycles. The van der Waals surface area contributed by atoms with Crippen molar-refractivity contribution < 1.29 is 14.8 Å². The Kier molecular flexibility index (Phi) is 3.66. The minimum Gasteiger partial charge on any atom is -0.506 e. The van der Waals surface area contributed by atoms with Gasteiger partial charge in [0, 0.05) is 18.2 Å². The highest BCUT2D eigenvalue weighted by atomic mass is 16.6. The van der Waals surface area contributed by atoms with Crippen LogP contribution >= 0.6 is 0 Å². The Morgan fingerprint density at radius 1 is 1.47 bits per heavy atom. The molecule has 0 aliphatic heterocycles. The van der Waals surface area contributed by atoms with Crippen LogP contribution in [-0.4, -0.2) is 22.0 Å². The number of anilines is 1. The fraction of sp³-hybridized carbons (Fsp3) is 0.417. The first-order valence-electron chi connectivity index (χ1n) is 6.03. The van der Waals surface area contributed by atoms with Gasteiger partial charge in [-0.15, -0.1) is 0 Å². The van der Waals surface area contributed by atoms with Gasteiger partial charge in [0.2, 0.25) is 5.91 Å². The predicted molar refractivity (Wildman–Crippen MR) is 68.7 cm³/mol. The molecule has 7 nitrogen and oxygen atoms in total. The zero-order chi connectivity index (χ0) is 14.0. The first-order chi connectivity index (χ1) is 8.99. The molecule has 1 amide bonds. The van der Waals surface area contributed by atoms with Crippen molar-refractivity contribution >= 4 is 17.3 Å². The molecule has 0 radical (unpaired) electrons. The summed E-state index contributed by atoms with van der Waals surface area (Å²) in [5.41, 5.74) is 5.67. The number of nitro groups is 1. The third-order valence-corrected chi connectivity index (χ3v) is 3.36. The summed E-state index contributed by atoms with van der Waals surface area (Å²) >= 11 is 0. The fourth-order valence-electron chi connectivity index (χ4n) is 2.28. The van der Waals surface area contributed by atoms with Crippen LogP contribution in [-0.2, 0) is 4.79 Å². The molecule has 0 saturated heterocycles. The minimum absolute atomic E-state index is 0.0401. The van der Waals surface area contributed by atoms with Crippen LogP contribution in [0.5, 0.6) is 5.75 Å². The van der Waals surface area contributed by atoms with Crippen molar-refractivity contribution in [1.29, 1.82) is 0 Å². The quantitative estimate of drug-likeness (QED) is 0.433. The zero-order valence-electron chi connectivity index (χ0n) is 10.2. The molecular formula is C12H15N3O4. The second-order valence-electron chi connectivity index (χ2n) is 4.65.